The van der Waals surface area contributed by atoms with Gasteiger partial charge in [0.05, 0.1) is 25.9 Å². The summed E-state index contributed by atoms with van der Waals surface area (Å²) in [6.07, 6.45) is -0.282. The second kappa shape index (κ2) is 6.73. The van der Waals surface area contributed by atoms with Crippen LogP contribution >= 0.6 is 0 Å². The standard InChI is InChI=1S/C16H21FN2O3/c1-11-8-19(16(20)14-10-21-7-6-18-14)9-15(22-11)12-2-4-13(17)5-3-12/h2-5,11,14-15,18H,6-10H2,1H3. The Labute approximate surface area is 129 Å². The van der Waals surface area contributed by atoms with Crippen LogP contribution in [0, 0.1) is 5.82 Å². The minimum atomic E-state index is -0.284. The molecular weight excluding hydrogens is 287 g/mol. The minimum absolute atomic E-state index is 0.0435. The summed E-state index contributed by atoms with van der Waals surface area (Å²) in [5.74, 6) is -0.231. The molecule has 0 aromatic heterocycles. The van der Waals surface area contributed by atoms with E-state index in [1.807, 2.05) is 11.8 Å². The first-order valence-electron chi connectivity index (χ1n) is 7.64. The molecule has 6 heteroatoms. The van der Waals surface area contributed by atoms with Crippen LogP contribution in [0.25, 0.3) is 0 Å². The van der Waals surface area contributed by atoms with Gasteiger partial charge in [-0.05, 0) is 24.6 Å². The summed E-state index contributed by atoms with van der Waals surface area (Å²) in [6, 6.07) is 5.97. The van der Waals surface area contributed by atoms with Crippen molar-refractivity contribution in [1.29, 1.82) is 0 Å². The van der Waals surface area contributed by atoms with Crippen molar-refractivity contribution >= 4 is 5.91 Å². The number of ether oxygens (including phenoxy) is 2. The molecule has 0 saturated carbocycles. The zero-order chi connectivity index (χ0) is 15.5. The number of rotatable bonds is 2. The molecule has 1 N–H and O–H groups in total. The molecule has 2 saturated heterocycles. The monoisotopic (exact) mass is 308 g/mol. The smallest absolute Gasteiger partial charge is 0.242 e. The highest BCUT2D eigenvalue weighted by Crippen LogP contribution is 2.26. The maximum atomic E-state index is 13.1. The van der Waals surface area contributed by atoms with Gasteiger partial charge in [0.25, 0.3) is 0 Å². The van der Waals surface area contributed by atoms with Crippen LogP contribution in [0.2, 0.25) is 0 Å². The Bertz CT molecular complexity index is 517. The molecule has 0 bridgehead atoms. The molecule has 1 aromatic carbocycles. The topological polar surface area (TPSA) is 50.8 Å². The average molecular weight is 308 g/mol. The second-order valence-corrected chi connectivity index (χ2v) is 5.81. The summed E-state index contributed by atoms with van der Waals surface area (Å²) >= 11 is 0. The first-order chi connectivity index (χ1) is 10.6. The molecule has 3 unspecified atom stereocenters. The number of nitrogens with one attached hydrogen (secondary N) is 1. The Morgan fingerprint density at radius 2 is 2.09 bits per heavy atom. The molecule has 0 radical (unpaired) electrons. The molecule has 2 fully saturated rings. The number of carbonyl (C=O) groups excluding carboxylic acids is 1. The SMILES string of the molecule is CC1CN(C(=O)C2COCCN2)CC(c2ccc(F)cc2)O1. The first kappa shape index (κ1) is 15.4. The van der Waals surface area contributed by atoms with Gasteiger partial charge in [0.2, 0.25) is 5.91 Å². The van der Waals surface area contributed by atoms with Crippen molar-refractivity contribution in [3.05, 3.63) is 35.6 Å². The highest BCUT2D eigenvalue weighted by molar-refractivity contribution is 5.82. The van der Waals surface area contributed by atoms with Gasteiger partial charge in [-0.1, -0.05) is 12.1 Å². The molecule has 1 aromatic rings. The molecule has 0 spiro atoms. The maximum Gasteiger partial charge on any atom is 0.242 e. The summed E-state index contributed by atoms with van der Waals surface area (Å²) in [4.78, 5) is 14.4. The van der Waals surface area contributed by atoms with E-state index in [9.17, 15) is 9.18 Å². The predicted molar refractivity (Wildman–Crippen MR) is 78.9 cm³/mol. The third-order valence-electron chi connectivity index (χ3n) is 4.03. The molecule has 3 rings (SSSR count). The van der Waals surface area contributed by atoms with Gasteiger partial charge in [0.1, 0.15) is 18.0 Å². The van der Waals surface area contributed by atoms with E-state index in [0.717, 1.165) is 5.56 Å². The molecule has 22 heavy (non-hydrogen) atoms. The van der Waals surface area contributed by atoms with E-state index in [1.165, 1.54) is 12.1 Å². The lowest BCUT2D eigenvalue weighted by molar-refractivity contribution is -0.149. The molecule has 1 amide bonds. The third kappa shape index (κ3) is 3.45. The lowest BCUT2D eigenvalue weighted by Crippen LogP contribution is -2.56. The number of benzene rings is 1. The molecule has 2 aliphatic rings. The van der Waals surface area contributed by atoms with Crippen molar-refractivity contribution in [2.75, 3.05) is 32.8 Å². The van der Waals surface area contributed by atoms with Gasteiger partial charge in [-0.2, -0.15) is 0 Å². The number of hydrogen-bond acceptors (Lipinski definition) is 4. The number of halogens is 1. The van der Waals surface area contributed by atoms with E-state index < -0.39 is 0 Å². The Morgan fingerprint density at radius 3 is 2.77 bits per heavy atom. The zero-order valence-electron chi connectivity index (χ0n) is 12.6. The lowest BCUT2D eigenvalue weighted by Gasteiger charge is -2.39. The molecule has 3 atom stereocenters. The molecule has 0 aliphatic carbocycles. The fraction of sp³-hybridized carbons (Fsp3) is 0.562. The van der Waals surface area contributed by atoms with Gasteiger partial charge in [-0.25, -0.2) is 4.39 Å². The highest BCUT2D eigenvalue weighted by Gasteiger charge is 2.33. The van der Waals surface area contributed by atoms with Gasteiger partial charge in [0, 0.05) is 13.1 Å². The number of hydrogen-bond donors (Lipinski definition) is 1. The number of morpholine rings is 2. The van der Waals surface area contributed by atoms with Crippen LogP contribution in [-0.4, -0.2) is 55.8 Å². The van der Waals surface area contributed by atoms with Crippen molar-refractivity contribution in [2.45, 2.75) is 25.2 Å². The van der Waals surface area contributed by atoms with E-state index in [4.69, 9.17) is 9.47 Å². The van der Waals surface area contributed by atoms with E-state index in [-0.39, 0.29) is 30.0 Å². The van der Waals surface area contributed by atoms with Gasteiger partial charge >= 0.3 is 0 Å². The normalized spacial score (nSPS) is 29.4. The van der Waals surface area contributed by atoms with Crippen LogP contribution in [0.1, 0.15) is 18.6 Å². The van der Waals surface area contributed by atoms with Crippen LogP contribution in [0.4, 0.5) is 4.39 Å². The molecule has 5 nitrogen and oxygen atoms in total. The minimum Gasteiger partial charge on any atom is -0.378 e. The fourth-order valence-electron chi connectivity index (χ4n) is 2.94. The molecule has 120 valence electrons. The van der Waals surface area contributed by atoms with Gasteiger partial charge in [0.15, 0.2) is 0 Å². The predicted octanol–water partition coefficient (Wildman–Crippen LogP) is 1.10. The number of nitrogens with zero attached hydrogens (tertiary/aromatic N) is 1. The first-order valence-corrected chi connectivity index (χ1v) is 7.64. The Kier molecular flexibility index (Phi) is 4.71. The van der Waals surface area contributed by atoms with E-state index in [1.54, 1.807) is 12.1 Å². The summed E-state index contributed by atoms with van der Waals surface area (Å²) in [6.45, 7) is 4.73. The molecule has 2 heterocycles. The van der Waals surface area contributed by atoms with Crippen LogP contribution in [0.3, 0.4) is 0 Å². The Hall–Kier alpha value is -1.50. The third-order valence-corrected chi connectivity index (χ3v) is 4.03. The summed E-state index contributed by atoms with van der Waals surface area (Å²) in [5.41, 5.74) is 0.888. The van der Waals surface area contributed by atoms with Gasteiger partial charge in [-0.3, -0.25) is 4.79 Å². The zero-order valence-corrected chi connectivity index (χ0v) is 12.6. The van der Waals surface area contributed by atoms with Crippen molar-refractivity contribution in [3.8, 4) is 0 Å². The second-order valence-electron chi connectivity index (χ2n) is 5.81. The number of amides is 1. The van der Waals surface area contributed by atoms with Crippen molar-refractivity contribution in [3.63, 3.8) is 0 Å². The Balaban J connectivity index is 1.70. The van der Waals surface area contributed by atoms with Crippen LogP contribution in [0.5, 0.6) is 0 Å². The average Bonchev–Trinajstić information content (AvgIpc) is 2.55. The quantitative estimate of drug-likeness (QED) is 0.889. The summed E-state index contributed by atoms with van der Waals surface area (Å²) < 4.78 is 24.3. The van der Waals surface area contributed by atoms with Gasteiger partial charge in [-0.15, -0.1) is 0 Å². The van der Waals surface area contributed by atoms with Crippen LogP contribution in [0.15, 0.2) is 24.3 Å². The maximum absolute atomic E-state index is 13.1. The van der Waals surface area contributed by atoms with Crippen molar-refractivity contribution in [2.24, 2.45) is 0 Å². The van der Waals surface area contributed by atoms with Crippen LogP contribution < -0.4 is 5.32 Å². The molecule has 2 aliphatic heterocycles. The fourth-order valence-corrected chi connectivity index (χ4v) is 2.94. The van der Waals surface area contributed by atoms with Gasteiger partial charge < -0.3 is 19.7 Å². The van der Waals surface area contributed by atoms with E-state index in [2.05, 4.69) is 5.32 Å². The number of carbonyl (C=O) groups is 1. The summed E-state index contributed by atoms with van der Waals surface area (Å²) in [7, 11) is 0. The largest absolute Gasteiger partial charge is 0.378 e. The highest BCUT2D eigenvalue weighted by atomic mass is 19.1. The summed E-state index contributed by atoms with van der Waals surface area (Å²) in [5, 5.41) is 3.19. The van der Waals surface area contributed by atoms with Crippen molar-refractivity contribution in [1.82, 2.24) is 10.2 Å². The lowest BCUT2D eigenvalue weighted by atomic mass is 10.1. The molecular formula is C16H21FN2O3. The van der Waals surface area contributed by atoms with E-state index in [0.29, 0.717) is 32.8 Å². The van der Waals surface area contributed by atoms with Crippen LogP contribution in [-0.2, 0) is 14.3 Å². The van der Waals surface area contributed by atoms with Crippen molar-refractivity contribution < 1.29 is 18.7 Å². The Morgan fingerprint density at radius 1 is 1.32 bits per heavy atom. The van der Waals surface area contributed by atoms with E-state index >= 15 is 0 Å².